The van der Waals surface area contributed by atoms with E-state index >= 15 is 4.39 Å². The molecular formula is C42H46FN5O10S. The quantitative estimate of drug-likeness (QED) is 0.138. The van der Waals surface area contributed by atoms with Gasteiger partial charge in [-0.2, -0.15) is 8.42 Å². The van der Waals surface area contributed by atoms with Crippen molar-refractivity contribution in [3.05, 3.63) is 107 Å². The Morgan fingerprint density at radius 1 is 0.949 bits per heavy atom. The maximum Gasteiger partial charge on any atom is 0.261 e. The van der Waals surface area contributed by atoms with Crippen molar-refractivity contribution in [2.45, 2.75) is 32.4 Å². The van der Waals surface area contributed by atoms with E-state index in [1.807, 2.05) is 23.6 Å². The second-order valence-corrected chi connectivity index (χ2v) is 15.6. The summed E-state index contributed by atoms with van der Waals surface area (Å²) in [5, 5.41) is 2.72. The van der Waals surface area contributed by atoms with Crippen molar-refractivity contribution in [2.75, 3.05) is 64.1 Å². The summed E-state index contributed by atoms with van der Waals surface area (Å²) in [6.45, 7) is 5.72. The van der Waals surface area contributed by atoms with E-state index in [1.165, 1.54) is 12.1 Å². The van der Waals surface area contributed by atoms with Crippen LogP contribution in [-0.4, -0.2) is 92.5 Å². The number of halogens is 1. The molecule has 5 heterocycles. The second-order valence-electron chi connectivity index (χ2n) is 14.2. The van der Waals surface area contributed by atoms with E-state index in [4.69, 9.17) is 34.0 Å². The molecule has 0 bridgehead atoms. The van der Waals surface area contributed by atoms with Crippen LogP contribution >= 0.6 is 0 Å². The predicted octanol–water partition coefficient (Wildman–Crippen LogP) is 5.65. The molecule has 15 nitrogen and oxygen atoms in total. The molecule has 2 aliphatic rings. The van der Waals surface area contributed by atoms with Crippen LogP contribution in [0.3, 0.4) is 0 Å². The summed E-state index contributed by atoms with van der Waals surface area (Å²) in [6.07, 6.45) is 8.88. The predicted molar refractivity (Wildman–Crippen MR) is 220 cm³/mol. The topological polar surface area (TPSA) is 203 Å². The number of aryl methyl sites for hydroxylation is 1. The Balaban J connectivity index is 0.00000110. The number of methoxy groups -OCH3 is 1. The van der Waals surface area contributed by atoms with E-state index in [1.54, 1.807) is 62.2 Å². The highest BCUT2D eigenvalue weighted by Crippen LogP contribution is 2.36. The van der Waals surface area contributed by atoms with Crippen LogP contribution in [0.4, 0.5) is 15.9 Å². The molecule has 2 saturated heterocycles. The first-order valence-electron chi connectivity index (χ1n) is 18.8. The number of ether oxygens (including phenoxy) is 5. The molecule has 2 fully saturated rings. The minimum absolute atomic E-state index is 0.0734. The lowest BCUT2D eigenvalue weighted by atomic mass is 9.99. The van der Waals surface area contributed by atoms with Crippen LogP contribution in [-0.2, 0) is 30.9 Å². The van der Waals surface area contributed by atoms with E-state index in [2.05, 4.69) is 15.3 Å². The SMILES string of the molecule is COc1cc(-c2cnc(N)c(-c3ccc(NC(=O)c4cn(CC5CCOCC5)cc(-c5ccc(C)cn5)c4=O)cc3F)c2)ccc1OC[C@H]1COCCO1.CS(=O)(=O)O. The summed E-state index contributed by atoms with van der Waals surface area (Å²) in [5.74, 6) is 0.206. The van der Waals surface area contributed by atoms with Crippen molar-refractivity contribution in [1.82, 2.24) is 14.5 Å². The van der Waals surface area contributed by atoms with Crippen molar-refractivity contribution in [3.8, 4) is 45.0 Å². The summed E-state index contributed by atoms with van der Waals surface area (Å²) < 4.78 is 71.8. The standard InChI is InChI=1S/C41H42FN5O7.CH4O3S/c1-25-3-7-36(44-18-25)33-21-47(20-26-9-11-51-12-10-26)22-34(39(33)48)41(49)46-29-5-6-31(35(42)17-29)32-15-28(19-45-40(32)43)27-4-8-37(38(16-27)50-2)54-24-30-23-52-13-14-53-30;1-5(2,3)4/h3-8,15-19,21-22,26,30H,9-14,20,23-24H2,1-2H3,(H2,43,45)(H,46,49);1H3,(H,2,3,4)/t30-;/m1./s1. The van der Waals surface area contributed by atoms with Crippen LogP contribution in [0, 0.1) is 18.7 Å². The van der Waals surface area contributed by atoms with Crippen molar-refractivity contribution in [2.24, 2.45) is 5.92 Å². The number of pyridine rings is 3. The molecule has 17 heteroatoms. The van der Waals surface area contributed by atoms with E-state index in [0.717, 1.165) is 24.0 Å². The van der Waals surface area contributed by atoms with Crippen molar-refractivity contribution >= 4 is 27.5 Å². The maximum atomic E-state index is 15.9. The Hall–Kier alpha value is -5.72. The molecule has 0 radical (unpaired) electrons. The number of amides is 1. The Morgan fingerprint density at radius 2 is 1.73 bits per heavy atom. The largest absolute Gasteiger partial charge is 0.493 e. The van der Waals surface area contributed by atoms with Gasteiger partial charge in [0.05, 0.1) is 44.4 Å². The first-order chi connectivity index (χ1) is 28.2. The highest BCUT2D eigenvalue weighted by molar-refractivity contribution is 7.85. The van der Waals surface area contributed by atoms with Crippen LogP contribution in [0.1, 0.15) is 28.8 Å². The first-order valence-corrected chi connectivity index (χ1v) is 20.6. The Labute approximate surface area is 341 Å². The summed E-state index contributed by atoms with van der Waals surface area (Å²) in [7, 11) is -2.12. The number of aromatic nitrogens is 3. The highest BCUT2D eigenvalue weighted by atomic mass is 32.2. The lowest BCUT2D eigenvalue weighted by Crippen LogP contribution is -2.33. The fraction of sp³-hybridized carbons (Fsp3) is 0.333. The van der Waals surface area contributed by atoms with Crippen molar-refractivity contribution in [3.63, 3.8) is 0 Å². The van der Waals surface area contributed by atoms with Gasteiger partial charge >= 0.3 is 0 Å². The van der Waals surface area contributed by atoms with Crippen LogP contribution in [0.25, 0.3) is 33.5 Å². The van der Waals surface area contributed by atoms with Gasteiger partial charge < -0.3 is 39.3 Å². The number of rotatable bonds is 11. The Kier molecular flexibility index (Phi) is 14.1. The minimum atomic E-state index is -3.67. The third-order valence-electron chi connectivity index (χ3n) is 9.56. The van der Waals surface area contributed by atoms with Crippen molar-refractivity contribution in [1.29, 1.82) is 0 Å². The molecule has 59 heavy (non-hydrogen) atoms. The average Bonchev–Trinajstić information content (AvgIpc) is 3.21. The fourth-order valence-corrected chi connectivity index (χ4v) is 6.58. The van der Waals surface area contributed by atoms with E-state index in [9.17, 15) is 18.0 Å². The van der Waals surface area contributed by atoms with E-state index in [0.29, 0.717) is 92.2 Å². The number of nitrogens with zero attached hydrogens (tertiary/aromatic N) is 3. The molecular weight excluding hydrogens is 786 g/mol. The zero-order chi connectivity index (χ0) is 42.1. The van der Waals surface area contributed by atoms with Gasteiger partial charge in [0.15, 0.2) is 11.5 Å². The number of anilines is 2. The molecule has 1 atom stereocenters. The van der Waals surface area contributed by atoms with Crippen LogP contribution in [0.5, 0.6) is 11.5 Å². The fourth-order valence-electron chi connectivity index (χ4n) is 6.58. The number of nitrogens with two attached hydrogens (primary N) is 1. The lowest BCUT2D eigenvalue weighted by molar-refractivity contribution is -0.101. The molecule has 5 aromatic rings. The van der Waals surface area contributed by atoms with Gasteiger partial charge in [-0.05, 0) is 79.3 Å². The lowest BCUT2D eigenvalue weighted by Gasteiger charge is -2.23. The Bertz CT molecular complexity index is 2430. The van der Waals surface area contributed by atoms with Gasteiger partial charge in [0.25, 0.3) is 16.0 Å². The molecule has 7 rings (SSSR count). The second kappa shape index (κ2) is 19.4. The molecule has 2 aromatic carbocycles. The van der Waals surface area contributed by atoms with E-state index < -0.39 is 27.3 Å². The summed E-state index contributed by atoms with van der Waals surface area (Å²) in [5.41, 5.74) is 9.58. The third-order valence-corrected chi connectivity index (χ3v) is 9.56. The van der Waals surface area contributed by atoms with Gasteiger partial charge in [0.1, 0.15) is 29.9 Å². The van der Waals surface area contributed by atoms with Crippen LogP contribution in [0.15, 0.2) is 84.2 Å². The molecule has 3 aromatic heterocycles. The van der Waals surface area contributed by atoms with Crippen molar-refractivity contribution < 1.29 is 45.8 Å². The minimum Gasteiger partial charge on any atom is -0.493 e. The average molecular weight is 832 g/mol. The molecule has 0 spiro atoms. The summed E-state index contributed by atoms with van der Waals surface area (Å²) >= 11 is 0. The zero-order valence-corrected chi connectivity index (χ0v) is 33.7. The molecule has 0 saturated carbocycles. The maximum absolute atomic E-state index is 15.9. The smallest absolute Gasteiger partial charge is 0.261 e. The molecule has 1 amide bonds. The number of nitrogens with one attached hydrogen (secondary N) is 1. The number of carbonyl (C=O) groups excluding carboxylic acids is 1. The molecule has 4 N–H and O–H groups in total. The molecule has 312 valence electrons. The number of hydrogen-bond donors (Lipinski definition) is 3. The Morgan fingerprint density at radius 3 is 2.41 bits per heavy atom. The van der Waals surface area contributed by atoms with Gasteiger partial charge in [-0.1, -0.05) is 12.1 Å². The molecule has 0 unspecified atom stereocenters. The first kappa shape index (κ1) is 42.9. The summed E-state index contributed by atoms with van der Waals surface area (Å²) in [4.78, 5) is 36.2. The highest BCUT2D eigenvalue weighted by Gasteiger charge is 2.22. The number of hydrogen-bond acceptors (Lipinski definition) is 12. The summed E-state index contributed by atoms with van der Waals surface area (Å²) in [6, 6.07) is 15.1. The monoisotopic (exact) mass is 831 g/mol. The number of benzene rings is 2. The molecule has 2 aliphatic heterocycles. The third kappa shape index (κ3) is 11.7. The normalized spacial score (nSPS) is 15.8. The number of carbonyl (C=O) groups is 1. The van der Waals surface area contributed by atoms with Gasteiger partial charge in [-0.3, -0.25) is 19.1 Å². The zero-order valence-electron chi connectivity index (χ0n) is 32.9. The number of nitrogen functional groups attached to an aromatic ring is 1. The van der Waals surface area contributed by atoms with Gasteiger partial charge in [0, 0.05) is 66.9 Å². The van der Waals surface area contributed by atoms with Crippen LogP contribution < -0.4 is 26.0 Å². The van der Waals surface area contributed by atoms with E-state index in [-0.39, 0.29) is 28.7 Å². The van der Waals surface area contributed by atoms with Gasteiger partial charge in [0.2, 0.25) is 5.43 Å². The molecule has 0 aliphatic carbocycles. The van der Waals surface area contributed by atoms with Crippen LogP contribution in [0.2, 0.25) is 0 Å². The van der Waals surface area contributed by atoms with Gasteiger partial charge in [-0.25, -0.2) is 9.37 Å². The van der Waals surface area contributed by atoms with Gasteiger partial charge in [-0.15, -0.1) is 0 Å².